The summed E-state index contributed by atoms with van der Waals surface area (Å²) in [5.74, 6) is 2.63. The molecular weight excluding hydrogens is 457 g/mol. The van der Waals surface area contributed by atoms with E-state index < -0.39 is 25.0 Å². The van der Waals surface area contributed by atoms with Crippen LogP contribution in [0.5, 0.6) is 5.75 Å². The summed E-state index contributed by atoms with van der Waals surface area (Å²) in [4.78, 5) is 0. The van der Waals surface area contributed by atoms with Crippen LogP contribution in [0.2, 0.25) is 58.9 Å². The van der Waals surface area contributed by atoms with Gasteiger partial charge in [0.2, 0.25) is 8.32 Å². The van der Waals surface area contributed by atoms with Crippen LogP contribution in [-0.4, -0.2) is 37.2 Å². The fraction of sp³-hybridized carbons (Fsp3) is 0.704. The molecule has 2 fully saturated rings. The van der Waals surface area contributed by atoms with Gasteiger partial charge in [0.15, 0.2) is 16.6 Å². The summed E-state index contributed by atoms with van der Waals surface area (Å²) in [7, 11) is -4.94. The molecule has 6 atom stereocenters. The summed E-state index contributed by atoms with van der Waals surface area (Å²) < 4.78 is 20.1. The molecule has 0 aromatic heterocycles. The second kappa shape index (κ2) is 8.47. The maximum Gasteiger partial charge on any atom is 0.242 e. The van der Waals surface area contributed by atoms with E-state index >= 15 is 0 Å². The van der Waals surface area contributed by atoms with E-state index in [1.165, 1.54) is 24.0 Å². The molecule has 33 heavy (non-hydrogen) atoms. The molecule has 3 nitrogen and oxygen atoms in total. The van der Waals surface area contributed by atoms with Gasteiger partial charge in [-0.1, -0.05) is 25.1 Å². The van der Waals surface area contributed by atoms with Gasteiger partial charge in [0, 0.05) is 5.92 Å². The monoisotopic (exact) mass is 502 g/mol. The first kappa shape index (κ1) is 25.4. The van der Waals surface area contributed by atoms with Crippen LogP contribution in [0.15, 0.2) is 24.3 Å². The number of hydrogen-bond donors (Lipinski definition) is 0. The SMILES string of the molecule is C[C@]12C[C@H](O[Si](C)(C)C)[C@@H]3c4ccc(O[Si](C)(C)C)cc4C=C[C@H]3[C@@H]1CC[C@@H]2O[Si](C)(C)C. The molecule has 3 aliphatic rings. The van der Waals surface area contributed by atoms with Gasteiger partial charge in [-0.25, -0.2) is 0 Å². The van der Waals surface area contributed by atoms with Crippen molar-refractivity contribution in [3.63, 3.8) is 0 Å². The number of benzene rings is 1. The molecule has 0 amide bonds. The molecule has 184 valence electrons. The summed E-state index contributed by atoms with van der Waals surface area (Å²) in [6, 6.07) is 6.82. The molecule has 0 N–H and O–H groups in total. The maximum atomic E-state index is 7.00. The minimum Gasteiger partial charge on any atom is -0.544 e. The minimum atomic E-state index is -1.71. The molecule has 0 unspecified atom stereocenters. The molecule has 0 radical (unpaired) electrons. The van der Waals surface area contributed by atoms with Gasteiger partial charge in [0.1, 0.15) is 5.75 Å². The molecule has 4 rings (SSSR count). The topological polar surface area (TPSA) is 27.7 Å². The van der Waals surface area contributed by atoms with Crippen molar-refractivity contribution in [3.8, 4) is 5.75 Å². The highest BCUT2D eigenvalue weighted by Gasteiger charge is 2.58. The lowest BCUT2D eigenvalue weighted by Crippen LogP contribution is -2.53. The van der Waals surface area contributed by atoms with E-state index in [-0.39, 0.29) is 11.5 Å². The van der Waals surface area contributed by atoms with Crippen molar-refractivity contribution in [2.24, 2.45) is 17.3 Å². The Morgan fingerprint density at radius 1 is 0.848 bits per heavy atom. The maximum absolute atomic E-state index is 7.00. The minimum absolute atomic E-state index is 0.189. The molecule has 0 saturated heterocycles. The van der Waals surface area contributed by atoms with Crippen molar-refractivity contribution in [2.45, 2.75) is 103 Å². The summed E-state index contributed by atoms with van der Waals surface area (Å²) in [5, 5.41) is 0. The standard InChI is InChI=1S/C27H46O3Si3/c1-27-18-24(29-32(5,6)7)26-21-14-12-20(28-31(2,3)4)17-19(21)11-13-22(26)23(27)15-16-25(27)30-33(8,9)10/h11-14,17,22-26H,15-16,18H2,1-10H3/t22-,23-,24-,25-,26+,27-/m0/s1. The van der Waals surface area contributed by atoms with E-state index in [0.29, 0.717) is 23.9 Å². The molecule has 0 heterocycles. The van der Waals surface area contributed by atoms with E-state index in [0.717, 1.165) is 12.2 Å². The molecule has 3 aliphatic carbocycles. The van der Waals surface area contributed by atoms with Gasteiger partial charge in [0.25, 0.3) is 0 Å². The number of hydrogen-bond acceptors (Lipinski definition) is 3. The van der Waals surface area contributed by atoms with Crippen molar-refractivity contribution in [1.29, 1.82) is 0 Å². The highest BCUT2D eigenvalue weighted by Crippen LogP contribution is 2.62. The van der Waals surface area contributed by atoms with Crippen LogP contribution in [0.3, 0.4) is 0 Å². The zero-order valence-electron chi connectivity index (χ0n) is 22.6. The smallest absolute Gasteiger partial charge is 0.242 e. The van der Waals surface area contributed by atoms with Crippen LogP contribution in [0.25, 0.3) is 6.08 Å². The Balaban J connectivity index is 1.72. The van der Waals surface area contributed by atoms with Crippen molar-refractivity contribution >= 4 is 31.0 Å². The van der Waals surface area contributed by atoms with Gasteiger partial charge < -0.3 is 13.3 Å². The molecule has 0 aliphatic heterocycles. The Labute approximate surface area is 205 Å². The quantitative estimate of drug-likeness (QED) is 0.370. The Hall–Kier alpha value is -0.669. The Morgan fingerprint density at radius 3 is 2.12 bits per heavy atom. The van der Waals surface area contributed by atoms with Crippen LogP contribution < -0.4 is 4.43 Å². The number of allylic oxidation sites excluding steroid dienone is 1. The lowest BCUT2D eigenvalue weighted by Gasteiger charge is -2.54. The Bertz CT molecular complexity index is 909. The van der Waals surface area contributed by atoms with Crippen molar-refractivity contribution in [2.75, 3.05) is 0 Å². The molecule has 1 aromatic rings. The lowest BCUT2D eigenvalue weighted by atomic mass is 9.56. The first-order valence-corrected chi connectivity index (χ1v) is 23.2. The molecule has 6 heteroatoms. The average Bonchev–Trinajstić information content (AvgIpc) is 2.93. The van der Waals surface area contributed by atoms with Crippen LogP contribution in [0.1, 0.15) is 43.2 Å². The first-order chi connectivity index (χ1) is 15.1. The molecule has 1 aromatic carbocycles. The van der Waals surface area contributed by atoms with Gasteiger partial charge in [-0.3, -0.25) is 0 Å². The van der Waals surface area contributed by atoms with Gasteiger partial charge >= 0.3 is 0 Å². The summed E-state index contributed by atoms with van der Waals surface area (Å²) >= 11 is 0. The van der Waals surface area contributed by atoms with Crippen molar-refractivity contribution in [3.05, 3.63) is 35.4 Å². The first-order valence-electron chi connectivity index (χ1n) is 12.9. The largest absolute Gasteiger partial charge is 0.544 e. The third-order valence-electron chi connectivity index (χ3n) is 7.58. The van der Waals surface area contributed by atoms with Crippen LogP contribution >= 0.6 is 0 Å². The third kappa shape index (κ3) is 5.45. The van der Waals surface area contributed by atoms with Gasteiger partial charge in [0.05, 0.1) is 12.2 Å². The molecular formula is C27H46O3Si3. The van der Waals surface area contributed by atoms with E-state index in [9.17, 15) is 0 Å². The summed E-state index contributed by atoms with van der Waals surface area (Å²) in [5.41, 5.74) is 2.98. The lowest BCUT2D eigenvalue weighted by molar-refractivity contribution is -0.0533. The normalized spacial score (nSPS) is 33.9. The molecule has 2 saturated carbocycles. The van der Waals surface area contributed by atoms with Crippen LogP contribution in [-0.2, 0) is 8.85 Å². The number of rotatable bonds is 6. The highest BCUT2D eigenvalue weighted by molar-refractivity contribution is 6.70. The highest BCUT2D eigenvalue weighted by atomic mass is 28.4. The summed E-state index contributed by atoms with van der Waals surface area (Å²) in [6.07, 6.45) is 9.08. The fourth-order valence-corrected chi connectivity index (χ4v) is 9.90. The van der Waals surface area contributed by atoms with Gasteiger partial charge in [-0.2, -0.15) is 0 Å². The number of fused-ring (bicyclic) bond motifs is 5. The van der Waals surface area contributed by atoms with E-state index in [1.807, 2.05) is 0 Å². The van der Waals surface area contributed by atoms with E-state index in [2.05, 4.69) is 96.2 Å². The predicted molar refractivity (Wildman–Crippen MR) is 148 cm³/mol. The second-order valence-electron chi connectivity index (χ2n) is 13.8. The Kier molecular flexibility index (Phi) is 6.53. The zero-order chi connectivity index (χ0) is 24.4. The third-order valence-corrected chi connectivity index (χ3v) is 10.4. The van der Waals surface area contributed by atoms with Crippen LogP contribution in [0.4, 0.5) is 0 Å². The van der Waals surface area contributed by atoms with Gasteiger partial charge in [-0.05, 0) is 119 Å². The summed E-state index contributed by atoms with van der Waals surface area (Å²) in [6.45, 7) is 23.3. The Morgan fingerprint density at radius 2 is 1.52 bits per heavy atom. The van der Waals surface area contributed by atoms with E-state index in [4.69, 9.17) is 13.3 Å². The molecule has 0 bridgehead atoms. The second-order valence-corrected chi connectivity index (χ2v) is 27.2. The van der Waals surface area contributed by atoms with Crippen LogP contribution in [0, 0.1) is 17.3 Å². The van der Waals surface area contributed by atoms with Gasteiger partial charge in [-0.15, -0.1) is 0 Å². The fourth-order valence-electron chi connectivity index (χ4n) is 6.69. The van der Waals surface area contributed by atoms with E-state index in [1.54, 1.807) is 0 Å². The predicted octanol–water partition coefficient (Wildman–Crippen LogP) is 7.89. The zero-order valence-corrected chi connectivity index (χ0v) is 25.6. The molecule has 0 spiro atoms. The average molecular weight is 503 g/mol. The van der Waals surface area contributed by atoms with Crippen molar-refractivity contribution < 1.29 is 13.3 Å². The van der Waals surface area contributed by atoms with Crippen molar-refractivity contribution in [1.82, 2.24) is 0 Å².